The Hall–Kier alpha value is -2.57. The molecule has 1 aromatic carbocycles. The van der Waals surface area contributed by atoms with E-state index in [4.69, 9.17) is 10.5 Å². The fourth-order valence-electron chi connectivity index (χ4n) is 2.93. The molecule has 6 heteroatoms. The molecular weight excluding hydrogens is 346 g/mol. The maximum Gasteiger partial charge on any atom is 0.359 e. The van der Waals surface area contributed by atoms with Crippen LogP contribution in [0.2, 0.25) is 0 Å². The van der Waals surface area contributed by atoms with Crippen LogP contribution >= 0.6 is 0 Å². The van der Waals surface area contributed by atoms with Gasteiger partial charge in [-0.2, -0.15) is 4.89 Å². The van der Waals surface area contributed by atoms with E-state index in [0.717, 1.165) is 34.5 Å². The topological polar surface area (TPSA) is 91.0 Å². The van der Waals surface area contributed by atoms with Gasteiger partial charge in [0.05, 0.1) is 7.11 Å². The fraction of sp³-hybridized carbons (Fsp3) is 0.381. The molecule has 0 unspecified atom stereocenters. The zero-order valence-electron chi connectivity index (χ0n) is 16.2. The molecule has 0 saturated carbocycles. The van der Waals surface area contributed by atoms with Gasteiger partial charge in [-0.1, -0.05) is 24.6 Å². The van der Waals surface area contributed by atoms with Crippen LogP contribution in [0.5, 0.6) is 11.5 Å². The summed E-state index contributed by atoms with van der Waals surface area (Å²) in [5.41, 5.74) is 9.69. The van der Waals surface area contributed by atoms with Gasteiger partial charge in [0.2, 0.25) is 0 Å². The Bertz CT molecular complexity index is 792. The fourth-order valence-corrected chi connectivity index (χ4v) is 2.93. The van der Waals surface area contributed by atoms with Gasteiger partial charge in [-0.05, 0) is 61.6 Å². The van der Waals surface area contributed by atoms with E-state index in [9.17, 15) is 9.90 Å². The van der Waals surface area contributed by atoms with Crippen molar-refractivity contribution in [3.05, 3.63) is 58.4 Å². The van der Waals surface area contributed by atoms with Crippen molar-refractivity contribution in [2.45, 2.75) is 46.1 Å². The number of carbonyl (C=O) groups is 1. The number of ether oxygens (including phenoxy) is 1. The highest BCUT2D eigenvalue weighted by atomic mass is 17.2. The third-order valence-corrected chi connectivity index (χ3v) is 4.31. The van der Waals surface area contributed by atoms with Crippen molar-refractivity contribution in [3.8, 4) is 11.5 Å². The molecule has 1 aliphatic carbocycles. The summed E-state index contributed by atoms with van der Waals surface area (Å²) in [6, 6.07) is 4.44. The van der Waals surface area contributed by atoms with E-state index in [1.807, 2.05) is 39.0 Å². The lowest BCUT2D eigenvalue weighted by molar-refractivity contribution is -0.256. The highest BCUT2D eigenvalue weighted by Gasteiger charge is 2.19. The lowest BCUT2D eigenvalue weighted by Crippen LogP contribution is -2.32. The summed E-state index contributed by atoms with van der Waals surface area (Å²) >= 11 is 0. The Balaban J connectivity index is 2.22. The Morgan fingerprint density at radius 1 is 1.30 bits per heavy atom. The third-order valence-electron chi connectivity index (χ3n) is 4.31. The van der Waals surface area contributed by atoms with Crippen LogP contribution in [0.4, 0.5) is 0 Å². The first-order valence-corrected chi connectivity index (χ1v) is 8.91. The third kappa shape index (κ3) is 5.70. The first kappa shape index (κ1) is 20.7. The average Bonchev–Trinajstić information content (AvgIpc) is 2.74. The predicted octanol–water partition coefficient (Wildman–Crippen LogP) is 3.71. The minimum Gasteiger partial charge on any atom is -0.508 e. The molecule has 1 aliphatic rings. The summed E-state index contributed by atoms with van der Waals surface area (Å²) < 4.78 is 6.10. The van der Waals surface area contributed by atoms with E-state index >= 15 is 0 Å². The van der Waals surface area contributed by atoms with E-state index in [2.05, 4.69) is 9.78 Å². The van der Waals surface area contributed by atoms with Crippen LogP contribution in [0.25, 0.3) is 0 Å². The van der Waals surface area contributed by atoms with Crippen LogP contribution in [0, 0.1) is 0 Å². The van der Waals surface area contributed by atoms with Crippen molar-refractivity contribution < 1.29 is 24.4 Å². The molecule has 0 amide bonds. The standard InChI is InChI=1S/C21H27NO5/c1-5-16-12-17(6-7-19(16)23)26-20-9-13(2)8-15(10-14(20)3)11-18(22)21(24)27-25-4/h6-8,10,12,18,23H,5,9,11,22H2,1-4H3/t18-/m0/s1. The van der Waals surface area contributed by atoms with Gasteiger partial charge in [-0.15, -0.1) is 0 Å². The summed E-state index contributed by atoms with van der Waals surface area (Å²) in [4.78, 5) is 20.6. The molecule has 3 N–H and O–H groups in total. The Kier molecular flexibility index (Phi) is 7.21. The zero-order valence-corrected chi connectivity index (χ0v) is 16.2. The molecule has 0 fully saturated rings. The van der Waals surface area contributed by atoms with Crippen molar-refractivity contribution in [1.82, 2.24) is 0 Å². The van der Waals surface area contributed by atoms with Gasteiger partial charge in [0.1, 0.15) is 23.3 Å². The molecule has 27 heavy (non-hydrogen) atoms. The monoisotopic (exact) mass is 373 g/mol. The van der Waals surface area contributed by atoms with Crippen LogP contribution in [-0.4, -0.2) is 24.2 Å². The molecular formula is C21H27NO5. The summed E-state index contributed by atoms with van der Waals surface area (Å²) in [5, 5.41) is 9.84. The Morgan fingerprint density at radius 3 is 2.70 bits per heavy atom. The van der Waals surface area contributed by atoms with Crippen LogP contribution in [-0.2, 0) is 21.0 Å². The van der Waals surface area contributed by atoms with Gasteiger partial charge < -0.3 is 15.6 Å². The van der Waals surface area contributed by atoms with E-state index in [1.165, 1.54) is 7.11 Å². The molecule has 2 rings (SSSR count). The number of phenolic OH excluding ortho intramolecular Hbond substituents is 1. The van der Waals surface area contributed by atoms with Crippen molar-refractivity contribution >= 4 is 5.97 Å². The molecule has 0 aliphatic heterocycles. The van der Waals surface area contributed by atoms with Crippen LogP contribution in [0.1, 0.15) is 39.2 Å². The number of allylic oxidation sites excluding steroid dienone is 4. The molecule has 0 radical (unpaired) electrons. The van der Waals surface area contributed by atoms with E-state index in [0.29, 0.717) is 18.6 Å². The van der Waals surface area contributed by atoms with Crippen molar-refractivity contribution in [2.75, 3.05) is 7.11 Å². The minimum atomic E-state index is -0.806. The second-order valence-corrected chi connectivity index (χ2v) is 6.62. The number of nitrogens with two attached hydrogens (primary N) is 1. The van der Waals surface area contributed by atoms with Crippen molar-refractivity contribution in [3.63, 3.8) is 0 Å². The Labute approximate surface area is 159 Å². The highest BCUT2D eigenvalue weighted by molar-refractivity contribution is 5.75. The molecule has 6 nitrogen and oxygen atoms in total. The smallest absolute Gasteiger partial charge is 0.359 e. The van der Waals surface area contributed by atoms with E-state index in [1.54, 1.807) is 12.1 Å². The van der Waals surface area contributed by atoms with Gasteiger partial charge in [-0.25, -0.2) is 4.79 Å². The number of rotatable bonds is 7. The maximum absolute atomic E-state index is 11.7. The predicted molar refractivity (Wildman–Crippen MR) is 103 cm³/mol. The number of aryl methyl sites for hydroxylation is 1. The first-order valence-electron chi connectivity index (χ1n) is 8.91. The highest BCUT2D eigenvalue weighted by Crippen LogP contribution is 2.29. The molecule has 0 saturated heterocycles. The number of hydrogen-bond donors (Lipinski definition) is 2. The van der Waals surface area contributed by atoms with Crippen LogP contribution in [0.3, 0.4) is 0 Å². The van der Waals surface area contributed by atoms with Gasteiger partial charge in [0, 0.05) is 6.42 Å². The van der Waals surface area contributed by atoms with E-state index in [-0.39, 0.29) is 5.75 Å². The lowest BCUT2D eigenvalue weighted by Gasteiger charge is -2.13. The van der Waals surface area contributed by atoms with Crippen molar-refractivity contribution in [1.29, 1.82) is 0 Å². The van der Waals surface area contributed by atoms with Gasteiger partial charge in [0.15, 0.2) is 0 Å². The second kappa shape index (κ2) is 9.39. The SMILES string of the molecule is CCc1cc(OC2=C(C)C=C(C[C@H](N)C(=O)OOC)C=C(C)C2)ccc1O. The number of phenols is 1. The zero-order chi connectivity index (χ0) is 20.0. The second-order valence-electron chi connectivity index (χ2n) is 6.62. The first-order chi connectivity index (χ1) is 12.8. The lowest BCUT2D eigenvalue weighted by atomic mass is 10.0. The molecule has 0 aromatic heterocycles. The van der Waals surface area contributed by atoms with Crippen molar-refractivity contribution in [2.24, 2.45) is 5.73 Å². The molecule has 0 spiro atoms. The van der Waals surface area contributed by atoms with Gasteiger partial charge in [0.25, 0.3) is 0 Å². The average molecular weight is 373 g/mol. The normalized spacial score (nSPS) is 15.6. The number of benzene rings is 1. The summed E-state index contributed by atoms with van der Waals surface area (Å²) in [5.74, 6) is 1.16. The molecule has 0 heterocycles. The minimum absolute atomic E-state index is 0.270. The van der Waals surface area contributed by atoms with Gasteiger partial charge in [-0.3, -0.25) is 4.89 Å². The van der Waals surface area contributed by atoms with E-state index < -0.39 is 12.0 Å². The maximum atomic E-state index is 11.7. The van der Waals surface area contributed by atoms with Crippen LogP contribution < -0.4 is 10.5 Å². The summed E-state index contributed by atoms with van der Waals surface area (Å²) in [6.45, 7) is 5.94. The van der Waals surface area contributed by atoms with Gasteiger partial charge >= 0.3 is 5.97 Å². The summed E-state index contributed by atoms with van der Waals surface area (Å²) in [6.07, 6.45) is 5.68. The quantitative estimate of drug-likeness (QED) is 0.559. The molecule has 1 atom stereocenters. The largest absolute Gasteiger partial charge is 0.508 e. The number of hydrogen-bond acceptors (Lipinski definition) is 6. The molecule has 146 valence electrons. The Morgan fingerprint density at radius 2 is 2.04 bits per heavy atom. The summed E-state index contributed by atoms with van der Waals surface area (Å²) in [7, 11) is 1.27. The number of carbonyl (C=O) groups excluding carboxylic acids is 1. The van der Waals surface area contributed by atoms with Crippen LogP contribution in [0.15, 0.2) is 52.8 Å². The molecule has 1 aromatic rings. The number of aromatic hydroxyl groups is 1. The molecule has 0 bridgehead atoms.